The number of fused-ring (bicyclic) bond motifs is 1. The average Bonchev–Trinajstić information content (AvgIpc) is 3.35. The Bertz CT molecular complexity index is 1440. The number of hydrogen-bond donors (Lipinski definition) is 2. The third-order valence-corrected chi connectivity index (χ3v) is 5.40. The molecule has 0 amide bonds. The van der Waals surface area contributed by atoms with Gasteiger partial charge < -0.3 is 4.98 Å². The Morgan fingerprint density at radius 2 is 1.94 bits per heavy atom. The van der Waals surface area contributed by atoms with Crippen molar-refractivity contribution in [3.05, 3.63) is 86.2 Å². The molecule has 1 aliphatic rings. The van der Waals surface area contributed by atoms with Gasteiger partial charge in [-0.3, -0.25) is 9.78 Å². The molecule has 0 bridgehead atoms. The van der Waals surface area contributed by atoms with E-state index in [1.807, 2.05) is 0 Å². The van der Waals surface area contributed by atoms with E-state index in [-0.39, 0.29) is 17.4 Å². The van der Waals surface area contributed by atoms with Crippen LogP contribution in [0.25, 0.3) is 16.9 Å². The van der Waals surface area contributed by atoms with Gasteiger partial charge in [0.1, 0.15) is 5.82 Å². The van der Waals surface area contributed by atoms with Crippen LogP contribution in [0.1, 0.15) is 34.9 Å². The maximum atomic E-state index is 14.0. The van der Waals surface area contributed by atoms with Crippen LogP contribution >= 0.6 is 0 Å². The lowest BCUT2D eigenvalue weighted by Gasteiger charge is -2.10. The molecule has 0 unspecified atom stereocenters. The fourth-order valence-corrected chi connectivity index (χ4v) is 3.84. The van der Waals surface area contributed by atoms with Crippen LogP contribution in [-0.4, -0.2) is 24.6 Å². The fraction of sp³-hybridized carbons (Fsp3) is 0.200. The molecule has 0 saturated heterocycles. The van der Waals surface area contributed by atoms with Gasteiger partial charge in [-0.15, -0.1) is 0 Å². The van der Waals surface area contributed by atoms with Gasteiger partial charge in [-0.25, -0.2) is 18.7 Å². The zero-order chi connectivity index (χ0) is 21.9. The van der Waals surface area contributed by atoms with Gasteiger partial charge in [-0.2, -0.15) is 18.3 Å². The smallest absolute Gasteiger partial charge is 0.313 e. The van der Waals surface area contributed by atoms with Crippen LogP contribution in [0.5, 0.6) is 0 Å². The van der Waals surface area contributed by atoms with Gasteiger partial charge in [0.2, 0.25) is 0 Å². The van der Waals surface area contributed by atoms with E-state index in [0.29, 0.717) is 23.3 Å². The largest absolute Gasteiger partial charge is 0.419 e. The maximum absolute atomic E-state index is 14.0. The molecule has 4 aromatic rings. The second-order valence-corrected chi connectivity index (χ2v) is 7.35. The Morgan fingerprint density at radius 3 is 2.65 bits per heavy atom. The lowest BCUT2D eigenvalue weighted by Crippen LogP contribution is -2.23. The first-order valence-corrected chi connectivity index (χ1v) is 9.25. The van der Waals surface area contributed by atoms with E-state index in [1.54, 1.807) is 12.3 Å². The highest BCUT2D eigenvalue weighted by Gasteiger charge is 2.42. The average molecular weight is 431 g/mol. The molecule has 1 fully saturated rings. The predicted octanol–water partition coefficient (Wildman–Crippen LogP) is 3.20. The van der Waals surface area contributed by atoms with Crippen molar-refractivity contribution in [3.8, 4) is 11.3 Å². The van der Waals surface area contributed by atoms with E-state index < -0.39 is 28.8 Å². The van der Waals surface area contributed by atoms with Crippen LogP contribution in [0.15, 0.2) is 52.4 Å². The first-order valence-electron chi connectivity index (χ1n) is 9.25. The van der Waals surface area contributed by atoms with E-state index in [0.717, 1.165) is 17.7 Å². The molecule has 158 valence electrons. The van der Waals surface area contributed by atoms with Gasteiger partial charge >= 0.3 is 11.9 Å². The number of aromatic nitrogens is 5. The third-order valence-electron chi connectivity index (χ3n) is 5.40. The highest BCUT2D eigenvalue weighted by molar-refractivity contribution is 5.63. The van der Waals surface area contributed by atoms with Gasteiger partial charge in [-0.1, -0.05) is 6.07 Å². The van der Waals surface area contributed by atoms with E-state index in [1.165, 1.54) is 23.0 Å². The minimum absolute atomic E-state index is 0.135. The van der Waals surface area contributed by atoms with Gasteiger partial charge in [0.05, 0.1) is 16.8 Å². The third kappa shape index (κ3) is 3.31. The molecule has 1 saturated carbocycles. The predicted molar refractivity (Wildman–Crippen MR) is 101 cm³/mol. The molecule has 0 radical (unpaired) electrons. The number of alkyl halides is 3. The van der Waals surface area contributed by atoms with Crippen LogP contribution in [0.2, 0.25) is 0 Å². The number of rotatable bonds is 3. The second kappa shape index (κ2) is 6.62. The second-order valence-electron chi connectivity index (χ2n) is 7.35. The summed E-state index contributed by atoms with van der Waals surface area (Å²) in [6, 6.07) is 4.62. The standard InChI is InChI=1S/C20H13F4N5O2/c21-15-5-9(1-2-14(15)20(22,23)24)10-6-11(10)12-7-16(28-29-4-3-25-17(12)29)13-8-26-19(31)27-18(13)30/h1-5,7-8,10-11H,6H2,(H2,26,27,30,31)/t10-,11+/m1/s1. The first-order chi connectivity index (χ1) is 14.7. The summed E-state index contributed by atoms with van der Waals surface area (Å²) in [5.74, 6) is -1.64. The van der Waals surface area contributed by atoms with Gasteiger partial charge in [0.25, 0.3) is 5.56 Å². The maximum Gasteiger partial charge on any atom is 0.419 e. The van der Waals surface area contributed by atoms with Crippen LogP contribution in [0.4, 0.5) is 17.6 Å². The summed E-state index contributed by atoms with van der Waals surface area (Å²) in [6.45, 7) is 0. The minimum atomic E-state index is -4.75. The van der Waals surface area contributed by atoms with Crippen molar-refractivity contribution in [2.45, 2.75) is 24.4 Å². The lowest BCUT2D eigenvalue weighted by atomic mass is 10.0. The highest BCUT2D eigenvalue weighted by atomic mass is 19.4. The molecule has 0 spiro atoms. The summed E-state index contributed by atoms with van der Waals surface area (Å²) in [5.41, 5.74) is -0.400. The monoisotopic (exact) mass is 431 g/mol. The van der Waals surface area contributed by atoms with Crippen molar-refractivity contribution in [2.24, 2.45) is 0 Å². The molecule has 0 aliphatic heterocycles. The molecule has 1 aliphatic carbocycles. The Morgan fingerprint density at radius 1 is 1.13 bits per heavy atom. The van der Waals surface area contributed by atoms with Crippen LogP contribution in [-0.2, 0) is 6.18 Å². The van der Waals surface area contributed by atoms with Crippen molar-refractivity contribution in [2.75, 3.05) is 0 Å². The first kappa shape index (κ1) is 19.2. The molecule has 5 rings (SSSR count). The quantitative estimate of drug-likeness (QED) is 0.487. The molecule has 3 heterocycles. The van der Waals surface area contributed by atoms with E-state index in [2.05, 4.69) is 20.1 Å². The molecular formula is C20H13F4N5O2. The van der Waals surface area contributed by atoms with Crippen molar-refractivity contribution >= 4 is 5.65 Å². The molecule has 3 aromatic heterocycles. The zero-order valence-corrected chi connectivity index (χ0v) is 15.6. The van der Waals surface area contributed by atoms with Crippen LogP contribution < -0.4 is 11.2 Å². The van der Waals surface area contributed by atoms with Crippen molar-refractivity contribution in [1.82, 2.24) is 24.6 Å². The van der Waals surface area contributed by atoms with E-state index in [4.69, 9.17) is 0 Å². The molecule has 1 aromatic carbocycles. The molecule has 7 nitrogen and oxygen atoms in total. The Labute approximate surface area is 170 Å². The number of nitrogens with one attached hydrogen (secondary N) is 2. The SMILES string of the molecule is O=c1[nH]cc(-c2cc([C@H]3C[C@@H]3c3ccc(C(F)(F)F)c(F)c3)c3nccn3n2)c(=O)[nH]1. The fourth-order valence-electron chi connectivity index (χ4n) is 3.84. The van der Waals surface area contributed by atoms with Crippen LogP contribution in [0.3, 0.4) is 0 Å². The summed E-state index contributed by atoms with van der Waals surface area (Å²) >= 11 is 0. The normalized spacial score (nSPS) is 18.5. The number of aromatic amines is 2. The Kier molecular flexibility index (Phi) is 4.11. The van der Waals surface area contributed by atoms with Gasteiger partial charge in [-0.05, 0) is 42.0 Å². The molecule has 31 heavy (non-hydrogen) atoms. The Hall–Kier alpha value is -3.76. The van der Waals surface area contributed by atoms with Gasteiger partial charge in [0.15, 0.2) is 5.65 Å². The zero-order valence-electron chi connectivity index (χ0n) is 15.6. The Balaban J connectivity index is 1.55. The summed E-state index contributed by atoms with van der Waals surface area (Å²) in [6.07, 6.45) is 0.209. The molecular weight excluding hydrogens is 418 g/mol. The summed E-state index contributed by atoms with van der Waals surface area (Å²) in [7, 11) is 0. The summed E-state index contributed by atoms with van der Waals surface area (Å²) < 4.78 is 54.0. The molecule has 11 heteroatoms. The molecule has 2 N–H and O–H groups in total. The van der Waals surface area contributed by atoms with Crippen molar-refractivity contribution < 1.29 is 17.6 Å². The lowest BCUT2D eigenvalue weighted by molar-refractivity contribution is -0.140. The van der Waals surface area contributed by atoms with Crippen LogP contribution in [0, 0.1) is 5.82 Å². The van der Waals surface area contributed by atoms with Crippen molar-refractivity contribution in [1.29, 1.82) is 0 Å². The number of benzene rings is 1. The number of nitrogens with zero attached hydrogens (tertiary/aromatic N) is 3. The minimum Gasteiger partial charge on any atom is -0.313 e. The van der Waals surface area contributed by atoms with Crippen molar-refractivity contribution in [3.63, 3.8) is 0 Å². The summed E-state index contributed by atoms with van der Waals surface area (Å²) in [4.78, 5) is 32.3. The highest BCUT2D eigenvalue weighted by Crippen LogP contribution is 2.56. The van der Waals surface area contributed by atoms with E-state index in [9.17, 15) is 27.2 Å². The number of H-pyrrole nitrogens is 2. The van der Waals surface area contributed by atoms with E-state index >= 15 is 0 Å². The number of halogens is 4. The molecule has 2 atom stereocenters. The number of imidazole rings is 1. The summed E-state index contributed by atoms with van der Waals surface area (Å²) in [5, 5.41) is 4.34. The topological polar surface area (TPSA) is 95.9 Å². The van der Waals surface area contributed by atoms with Gasteiger partial charge in [0, 0.05) is 24.2 Å². The number of hydrogen-bond acceptors (Lipinski definition) is 4.